The van der Waals surface area contributed by atoms with Crippen molar-refractivity contribution < 1.29 is 19.1 Å². The lowest BCUT2D eigenvalue weighted by molar-refractivity contribution is -0.159. The summed E-state index contributed by atoms with van der Waals surface area (Å²) in [4.78, 5) is 35.6. The summed E-state index contributed by atoms with van der Waals surface area (Å²) in [5, 5.41) is 2.91. The lowest BCUT2D eigenvalue weighted by Crippen LogP contribution is -2.49. The number of ether oxygens (including phenoxy) is 1. The molecular formula is C12H12ClN3O4. The highest BCUT2D eigenvalue weighted by Gasteiger charge is 2.28. The summed E-state index contributed by atoms with van der Waals surface area (Å²) >= 11 is 5.76. The highest BCUT2D eigenvalue weighted by molar-refractivity contribution is 6.33. The van der Waals surface area contributed by atoms with Crippen LogP contribution in [0.5, 0.6) is 0 Å². The third-order valence-corrected chi connectivity index (χ3v) is 2.98. The normalized spacial score (nSPS) is 15.3. The average molecular weight is 298 g/mol. The van der Waals surface area contributed by atoms with E-state index in [-0.39, 0.29) is 19.8 Å². The molecule has 106 valence electrons. The van der Waals surface area contributed by atoms with Crippen LogP contribution in [0.2, 0.25) is 5.02 Å². The predicted octanol–water partition coefficient (Wildman–Crippen LogP) is 0.246. The molecule has 20 heavy (non-hydrogen) atoms. The third kappa shape index (κ3) is 3.25. The Hall–Kier alpha value is -2.12. The fraction of sp³-hybridized carbons (Fsp3) is 0.250. The number of carbonyl (C=O) groups excluding carboxylic acids is 3. The number of rotatable bonds is 3. The molecule has 7 nitrogen and oxygen atoms in total. The highest BCUT2D eigenvalue weighted by atomic mass is 35.5. The number of benzene rings is 1. The van der Waals surface area contributed by atoms with Gasteiger partial charge in [0.25, 0.3) is 11.8 Å². The quantitative estimate of drug-likeness (QED) is 0.615. The number of morpholine rings is 1. The molecule has 2 rings (SSSR count). The van der Waals surface area contributed by atoms with Gasteiger partial charge >= 0.3 is 0 Å². The van der Waals surface area contributed by atoms with Crippen molar-refractivity contribution in [3.63, 3.8) is 0 Å². The monoisotopic (exact) mass is 297 g/mol. The van der Waals surface area contributed by atoms with Crippen LogP contribution in [0.15, 0.2) is 18.2 Å². The molecule has 0 aliphatic carbocycles. The number of nitrogen functional groups attached to an aromatic ring is 1. The van der Waals surface area contributed by atoms with E-state index in [4.69, 9.17) is 22.1 Å². The molecule has 1 aromatic rings. The number of amides is 3. The Morgan fingerprint density at radius 3 is 2.60 bits per heavy atom. The van der Waals surface area contributed by atoms with Crippen molar-refractivity contribution in [2.24, 2.45) is 0 Å². The highest BCUT2D eigenvalue weighted by Crippen LogP contribution is 2.22. The molecule has 0 radical (unpaired) electrons. The topological polar surface area (TPSA) is 102 Å². The second-order valence-electron chi connectivity index (χ2n) is 4.15. The summed E-state index contributed by atoms with van der Waals surface area (Å²) in [5.74, 6) is -1.57. The lowest BCUT2D eigenvalue weighted by Gasteiger charge is -2.24. The van der Waals surface area contributed by atoms with Gasteiger partial charge in [-0.2, -0.15) is 0 Å². The Balaban J connectivity index is 1.99. The van der Waals surface area contributed by atoms with Crippen LogP contribution in [-0.4, -0.2) is 42.4 Å². The molecule has 1 aliphatic rings. The van der Waals surface area contributed by atoms with Crippen molar-refractivity contribution in [2.45, 2.75) is 0 Å². The fourth-order valence-electron chi connectivity index (χ4n) is 1.66. The lowest BCUT2D eigenvalue weighted by atomic mass is 10.2. The average Bonchev–Trinajstić information content (AvgIpc) is 2.38. The number of nitrogens with zero attached hydrogens (tertiary/aromatic N) is 1. The van der Waals surface area contributed by atoms with Gasteiger partial charge in [0.1, 0.15) is 19.8 Å². The van der Waals surface area contributed by atoms with Crippen LogP contribution >= 0.6 is 11.6 Å². The molecule has 3 N–H and O–H groups in total. The number of nitrogens with one attached hydrogen (secondary N) is 1. The van der Waals surface area contributed by atoms with E-state index in [1.807, 2.05) is 0 Å². The second kappa shape index (κ2) is 5.89. The molecule has 1 heterocycles. The van der Waals surface area contributed by atoms with Crippen molar-refractivity contribution in [1.82, 2.24) is 4.90 Å². The molecule has 1 fully saturated rings. The largest absolute Gasteiger partial charge is 0.397 e. The van der Waals surface area contributed by atoms with Crippen molar-refractivity contribution in [3.05, 3.63) is 23.2 Å². The molecule has 0 aromatic heterocycles. The van der Waals surface area contributed by atoms with E-state index in [0.717, 1.165) is 4.90 Å². The molecule has 0 saturated carbocycles. The van der Waals surface area contributed by atoms with Crippen molar-refractivity contribution in [3.8, 4) is 0 Å². The standard InChI is InChI=1S/C12H12ClN3O4/c13-8-2-1-7(3-9(8)14)15-10(17)4-16-11(18)5-20-6-12(16)19/h1-3H,4-6,14H2,(H,15,17). The Bertz CT molecular complexity index is 560. The second-order valence-corrected chi connectivity index (χ2v) is 4.56. The Labute approximate surface area is 119 Å². The zero-order valence-electron chi connectivity index (χ0n) is 10.4. The molecule has 0 atom stereocenters. The van der Waals surface area contributed by atoms with Gasteiger partial charge in [-0.3, -0.25) is 19.3 Å². The van der Waals surface area contributed by atoms with Gasteiger partial charge in [0.2, 0.25) is 5.91 Å². The molecule has 3 amide bonds. The van der Waals surface area contributed by atoms with Crippen LogP contribution in [0.25, 0.3) is 0 Å². The number of imide groups is 1. The maximum absolute atomic E-state index is 11.8. The van der Waals surface area contributed by atoms with Gasteiger partial charge < -0.3 is 15.8 Å². The molecule has 1 aliphatic heterocycles. The molecule has 1 saturated heterocycles. The Kier molecular flexibility index (Phi) is 4.21. The predicted molar refractivity (Wildman–Crippen MR) is 72.0 cm³/mol. The molecule has 0 spiro atoms. The first kappa shape index (κ1) is 14.3. The first-order valence-corrected chi connectivity index (χ1v) is 6.11. The van der Waals surface area contributed by atoms with Crippen LogP contribution < -0.4 is 11.1 Å². The summed E-state index contributed by atoms with van der Waals surface area (Å²) in [5.41, 5.74) is 6.36. The summed E-state index contributed by atoms with van der Waals surface area (Å²) in [6.07, 6.45) is 0. The number of hydrogen-bond acceptors (Lipinski definition) is 5. The van der Waals surface area contributed by atoms with Crippen LogP contribution in [-0.2, 0) is 19.1 Å². The van der Waals surface area contributed by atoms with E-state index < -0.39 is 17.7 Å². The maximum atomic E-state index is 11.8. The smallest absolute Gasteiger partial charge is 0.255 e. The molecular weight excluding hydrogens is 286 g/mol. The number of anilines is 2. The Morgan fingerprint density at radius 2 is 2.00 bits per heavy atom. The van der Waals surface area contributed by atoms with Crippen LogP contribution in [0.3, 0.4) is 0 Å². The van der Waals surface area contributed by atoms with Crippen molar-refractivity contribution in [2.75, 3.05) is 30.8 Å². The number of hydrogen-bond donors (Lipinski definition) is 2. The SMILES string of the molecule is Nc1cc(NC(=O)CN2C(=O)COCC2=O)ccc1Cl. The zero-order valence-corrected chi connectivity index (χ0v) is 11.1. The van der Waals surface area contributed by atoms with Crippen molar-refractivity contribution in [1.29, 1.82) is 0 Å². The zero-order chi connectivity index (χ0) is 14.7. The van der Waals surface area contributed by atoms with Crippen LogP contribution in [0.1, 0.15) is 0 Å². The number of nitrogens with two attached hydrogens (primary N) is 1. The summed E-state index contributed by atoms with van der Waals surface area (Å²) < 4.78 is 4.75. The van der Waals surface area contributed by atoms with Crippen LogP contribution in [0.4, 0.5) is 11.4 Å². The van der Waals surface area contributed by atoms with Gasteiger partial charge in [-0.1, -0.05) is 11.6 Å². The fourth-order valence-corrected chi connectivity index (χ4v) is 1.78. The summed E-state index contributed by atoms with van der Waals surface area (Å²) in [6, 6.07) is 4.60. The maximum Gasteiger partial charge on any atom is 0.255 e. The van der Waals surface area contributed by atoms with Crippen molar-refractivity contribution >= 4 is 40.7 Å². The minimum Gasteiger partial charge on any atom is -0.397 e. The number of carbonyl (C=O) groups is 3. The molecule has 0 bridgehead atoms. The minimum atomic E-state index is -0.535. The van der Waals surface area contributed by atoms with Gasteiger partial charge in [-0.25, -0.2) is 0 Å². The van der Waals surface area contributed by atoms with E-state index in [0.29, 0.717) is 16.4 Å². The molecule has 0 unspecified atom stereocenters. The van der Waals surface area contributed by atoms with Gasteiger partial charge in [0, 0.05) is 5.69 Å². The van der Waals surface area contributed by atoms with Crippen LogP contribution in [0, 0.1) is 0 Å². The first-order chi connectivity index (χ1) is 9.47. The summed E-state index contributed by atoms with van der Waals surface area (Å²) in [7, 11) is 0. The molecule has 1 aromatic carbocycles. The van der Waals surface area contributed by atoms with E-state index in [2.05, 4.69) is 5.32 Å². The molecule has 8 heteroatoms. The van der Waals surface area contributed by atoms with E-state index in [1.54, 1.807) is 6.07 Å². The Morgan fingerprint density at radius 1 is 1.35 bits per heavy atom. The summed E-state index contributed by atoms with van der Waals surface area (Å²) in [6.45, 7) is -0.761. The first-order valence-electron chi connectivity index (χ1n) is 5.73. The van der Waals surface area contributed by atoms with Gasteiger partial charge in [0.15, 0.2) is 0 Å². The number of halogens is 1. The van der Waals surface area contributed by atoms with Gasteiger partial charge in [-0.05, 0) is 18.2 Å². The van der Waals surface area contributed by atoms with E-state index in [1.165, 1.54) is 12.1 Å². The minimum absolute atomic E-state index is 0.201. The third-order valence-electron chi connectivity index (χ3n) is 2.63. The van der Waals surface area contributed by atoms with E-state index >= 15 is 0 Å². The van der Waals surface area contributed by atoms with E-state index in [9.17, 15) is 14.4 Å². The van der Waals surface area contributed by atoms with Gasteiger partial charge in [0.05, 0.1) is 10.7 Å². The van der Waals surface area contributed by atoms with Gasteiger partial charge in [-0.15, -0.1) is 0 Å².